The second-order valence-corrected chi connectivity index (χ2v) is 8.78. The Hall–Kier alpha value is -1.86. The summed E-state index contributed by atoms with van der Waals surface area (Å²) in [6.07, 6.45) is 2.10. The monoisotopic (exact) mass is 421 g/mol. The van der Waals surface area contributed by atoms with Gasteiger partial charge in [-0.05, 0) is 42.3 Å². The Balaban J connectivity index is 1.82. The second-order valence-electron chi connectivity index (χ2n) is 6.55. The van der Waals surface area contributed by atoms with Gasteiger partial charge in [-0.25, -0.2) is 8.42 Å². The smallest absolute Gasteiger partial charge is 0.203 e. The first kappa shape index (κ1) is 20.9. The number of rotatable bonds is 7. The fraction of sp³-hybridized carbons (Fsp3) is 0.333. The van der Waals surface area contributed by atoms with Crippen LogP contribution in [0.3, 0.4) is 0 Å². The molecular formula is C21H24ClNO4S. The van der Waals surface area contributed by atoms with Crippen LogP contribution in [0.15, 0.2) is 58.8 Å². The molecule has 0 aliphatic carbocycles. The number of benzene rings is 2. The van der Waals surface area contributed by atoms with Gasteiger partial charge in [-0.1, -0.05) is 42.8 Å². The zero-order valence-electron chi connectivity index (χ0n) is 15.7. The molecule has 28 heavy (non-hydrogen) atoms. The summed E-state index contributed by atoms with van der Waals surface area (Å²) in [6.45, 7) is 3.99. The topological polar surface area (TPSA) is 64.6 Å². The van der Waals surface area contributed by atoms with Gasteiger partial charge < -0.3 is 14.8 Å². The average molecular weight is 422 g/mol. The number of morpholine rings is 1. The zero-order valence-corrected chi connectivity index (χ0v) is 17.2. The highest BCUT2D eigenvalue weighted by Crippen LogP contribution is 2.28. The number of hydrogen-bond donors (Lipinski definition) is 1. The molecule has 0 aromatic heterocycles. The van der Waals surface area contributed by atoms with E-state index < -0.39 is 9.84 Å². The highest BCUT2D eigenvalue weighted by molar-refractivity contribution is 7.94. The van der Waals surface area contributed by atoms with Crippen LogP contribution in [0.4, 0.5) is 0 Å². The molecule has 1 fully saturated rings. The zero-order chi connectivity index (χ0) is 20.0. The molecule has 2 aromatic rings. The fourth-order valence-electron chi connectivity index (χ4n) is 3.04. The molecular weight excluding hydrogens is 398 g/mol. The molecule has 1 saturated heterocycles. The summed E-state index contributed by atoms with van der Waals surface area (Å²) in [5, 5.41) is 5.17. The summed E-state index contributed by atoms with van der Waals surface area (Å²) in [5.74, 6) is 0.350. The third-order valence-electron chi connectivity index (χ3n) is 4.55. The maximum absolute atomic E-state index is 12.9. The van der Waals surface area contributed by atoms with Crippen LogP contribution in [0.1, 0.15) is 18.9 Å². The Bertz CT molecular complexity index is 906. The highest BCUT2D eigenvalue weighted by atomic mass is 35.5. The van der Waals surface area contributed by atoms with Crippen molar-refractivity contribution in [3.8, 4) is 5.75 Å². The normalized spacial score (nSPS) is 18.9. The molecule has 3 rings (SSSR count). The molecule has 0 amide bonds. The Kier molecular flexibility index (Phi) is 7.13. The molecule has 1 aliphatic rings. The number of hydrogen-bond acceptors (Lipinski definition) is 5. The Morgan fingerprint density at radius 3 is 2.68 bits per heavy atom. The lowest BCUT2D eigenvalue weighted by Gasteiger charge is -2.31. The van der Waals surface area contributed by atoms with Crippen molar-refractivity contribution in [3.05, 3.63) is 64.5 Å². The van der Waals surface area contributed by atoms with Crippen LogP contribution < -0.4 is 10.1 Å². The molecule has 1 heterocycles. The van der Waals surface area contributed by atoms with Gasteiger partial charge in [0.1, 0.15) is 16.7 Å². The third kappa shape index (κ3) is 5.35. The van der Waals surface area contributed by atoms with E-state index in [-0.39, 0.29) is 17.0 Å². The van der Waals surface area contributed by atoms with Crippen LogP contribution in [-0.4, -0.2) is 40.3 Å². The predicted molar refractivity (Wildman–Crippen MR) is 111 cm³/mol. The van der Waals surface area contributed by atoms with Crippen molar-refractivity contribution in [1.82, 2.24) is 5.32 Å². The second kappa shape index (κ2) is 9.56. The van der Waals surface area contributed by atoms with Crippen molar-refractivity contribution < 1.29 is 17.9 Å². The molecule has 2 aromatic carbocycles. The average Bonchev–Trinajstić information content (AvgIpc) is 2.72. The quantitative estimate of drug-likeness (QED) is 0.733. The van der Waals surface area contributed by atoms with Crippen molar-refractivity contribution in [2.24, 2.45) is 0 Å². The first-order valence-corrected chi connectivity index (χ1v) is 11.2. The minimum absolute atomic E-state index is 0.0270. The molecule has 2 unspecified atom stereocenters. The molecule has 7 heteroatoms. The van der Waals surface area contributed by atoms with Crippen molar-refractivity contribution in [2.75, 3.05) is 19.8 Å². The van der Waals surface area contributed by atoms with Gasteiger partial charge in [0.15, 0.2) is 0 Å². The third-order valence-corrected chi connectivity index (χ3v) is 6.24. The molecule has 5 nitrogen and oxygen atoms in total. The van der Waals surface area contributed by atoms with E-state index in [2.05, 4.69) is 5.32 Å². The molecule has 1 aliphatic heterocycles. The number of ether oxygens (including phenoxy) is 2. The largest absolute Gasteiger partial charge is 0.487 e. The first-order chi connectivity index (χ1) is 13.5. The number of sulfone groups is 1. The van der Waals surface area contributed by atoms with E-state index in [1.165, 1.54) is 5.41 Å². The number of halogens is 1. The van der Waals surface area contributed by atoms with Crippen LogP contribution in [0.5, 0.6) is 5.75 Å². The van der Waals surface area contributed by atoms with Gasteiger partial charge in [0, 0.05) is 17.0 Å². The van der Waals surface area contributed by atoms with Crippen molar-refractivity contribution >= 4 is 27.5 Å². The van der Waals surface area contributed by atoms with E-state index in [4.69, 9.17) is 21.1 Å². The lowest BCUT2D eigenvalue weighted by atomic mass is 10.1. The molecule has 0 spiro atoms. The summed E-state index contributed by atoms with van der Waals surface area (Å²) < 4.78 is 37.4. The summed E-state index contributed by atoms with van der Waals surface area (Å²) >= 11 is 5.87. The van der Waals surface area contributed by atoms with Gasteiger partial charge in [-0.2, -0.15) is 0 Å². The van der Waals surface area contributed by atoms with Gasteiger partial charge in [0.05, 0.1) is 19.3 Å². The molecule has 0 bridgehead atoms. The summed E-state index contributed by atoms with van der Waals surface area (Å²) in [5.41, 5.74) is 0.751. The predicted octanol–water partition coefficient (Wildman–Crippen LogP) is 3.93. The number of para-hydroxylation sites is 1. The van der Waals surface area contributed by atoms with Gasteiger partial charge in [0.25, 0.3) is 0 Å². The number of nitrogens with one attached hydrogen (secondary N) is 1. The van der Waals surface area contributed by atoms with Crippen LogP contribution in [0.25, 0.3) is 6.08 Å². The molecule has 150 valence electrons. The maximum atomic E-state index is 12.9. The Labute approximate surface area is 171 Å². The minimum atomic E-state index is -3.67. The van der Waals surface area contributed by atoms with Gasteiger partial charge in [0.2, 0.25) is 9.84 Å². The van der Waals surface area contributed by atoms with E-state index >= 15 is 0 Å². The van der Waals surface area contributed by atoms with E-state index in [0.717, 1.165) is 18.5 Å². The summed E-state index contributed by atoms with van der Waals surface area (Å²) in [7, 11) is -3.67. The van der Waals surface area contributed by atoms with E-state index in [1.807, 2.05) is 6.92 Å². The van der Waals surface area contributed by atoms with Gasteiger partial charge in [-0.15, -0.1) is 0 Å². The Morgan fingerprint density at radius 1 is 1.25 bits per heavy atom. The van der Waals surface area contributed by atoms with Crippen LogP contribution in [0, 0.1) is 0 Å². The van der Waals surface area contributed by atoms with Crippen molar-refractivity contribution in [3.63, 3.8) is 0 Å². The van der Waals surface area contributed by atoms with Crippen molar-refractivity contribution in [1.29, 1.82) is 0 Å². The van der Waals surface area contributed by atoms with E-state index in [9.17, 15) is 8.42 Å². The molecule has 1 N–H and O–H groups in total. The fourth-order valence-corrected chi connectivity index (χ4v) is 4.31. The molecule has 0 saturated carbocycles. The summed E-state index contributed by atoms with van der Waals surface area (Å²) in [4.78, 5) is 0.149. The molecule has 2 atom stereocenters. The lowest BCUT2D eigenvalue weighted by molar-refractivity contribution is 0.0257. The highest BCUT2D eigenvalue weighted by Gasteiger charge is 2.26. The van der Waals surface area contributed by atoms with Crippen LogP contribution in [-0.2, 0) is 14.6 Å². The van der Waals surface area contributed by atoms with Crippen LogP contribution in [0.2, 0.25) is 5.02 Å². The van der Waals surface area contributed by atoms with Crippen LogP contribution >= 0.6 is 11.6 Å². The first-order valence-electron chi connectivity index (χ1n) is 9.25. The Morgan fingerprint density at radius 2 is 2.00 bits per heavy atom. The molecule has 0 radical (unpaired) electrons. The SMILES string of the molecule is CCC(Oc1ccccc1S(=O)(=O)/C=C/c1ccc(Cl)cc1)C1COCCN1. The van der Waals surface area contributed by atoms with Gasteiger partial charge >= 0.3 is 0 Å². The lowest BCUT2D eigenvalue weighted by Crippen LogP contribution is -2.50. The van der Waals surface area contributed by atoms with Gasteiger partial charge in [-0.3, -0.25) is 0 Å². The van der Waals surface area contributed by atoms with E-state index in [0.29, 0.717) is 24.0 Å². The standard InChI is InChI=1S/C21H24ClNO4S/c1-2-19(18-15-26-13-12-23-18)27-20-5-3-4-6-21(20)28(24,25)14-11-16-7-9-17(22)10-8-16/h3-11,14,18-19,23H,2,12-13,15H2,1H3/b14-11+. The summed E-state index contributed by atoms with van der Waals surface area (Å²) in [6, 6.07) is 13.7. The maximum Gasteiger partial charge on any atom is 0.203 e. The minimum Gasteiger partial charge on any atom is -0.487 e. The van der Waals surface area contributed by atoms with Crippen molar-refractivity contribution in [2.45, 2.75) is 30.4 Å². The van der Waals surface area contributed by atoms with E-state index in [1.54, 1.807) is 54.6 Å².